The number of halogens is 2. The number of nitrogens with zero attached hydrogens (tertiary/aromatic N) is 3. The van der Waals surface area contributed by atoms with E-state index in [0.717, 1.165) is 27.8 Å². The molecule has 0 amide bonds. The molecule has 17 heavy (non-hydrogen) atoms. The maximum absolute atomic E-state index is 6.21. The summed E-state index contributed by atoms with van der Waals surface area (Å²) in [5.74, 6) is 0.474. The van der Waals surface area contributed by atoms with Gasteiger partial charge in [-0.25, -0.2) is 4.68 Å². The molecule has 0 atom stereocenters. The van der Waals surface area contributed by atoms with Crippen LogP contribution in [-0.4, -0.2) is 15.0 Å². The van der Waals surface area contributed by atoms with Crippen LogP contribution in [0.1, 0.15) is 19.0 Å². The van der Waals surface area contributed by atoms with Gasteiger partial charge in [0.2, 0.25) is 0 Å². The molecular formula is C11H12ClIN4. The van der Waals surface area contributed by atoms with Gasteiger partial charge in [0.15, 0.2) is 5.82 Å². The van der Waals surface area contributed by atoms with Gasteiger partial charge in [0.25, 0.3) is 0 Å². The Morgan fingerprint density at radius 3 is 2.88 bits per heavy atom. The van der Waals surface area contributed by atoms with E-state index in [9.17, 15) is 0 Å². The summed E-state index contributed by atoms with van der Waals surface area (Å²) in [4.78, 5) is 0. The van der Waals surface area contributed by atoms with Gasteiger partial charge in [0.1, 0.15) is 0 Å². The summed E-state index contributed by atoms with van der Waals surface area (Å²) in [6.07, 6.45) is 1.82. The van der Waals surface area contributed by atoms with Crippen LogP contribution in [0.5, 0.6) is 0 Å². The Hall–Kier alpha value is -0.820. The van der Waals surface area contributed by atoms with E-state index in [1.54, 1.807) is 4.68 Å². The normalized spacial score (nSPS) is 10.8. The third-order valence-corrected chi connectivity index (χ3v) is 3.39. The first kappa shape index (κ1) is 12.6. The van der Waals surface area contributed by atoms with Crippen molar-refractivity contribution in [1.82, 2.24) is 15.0 Å². The molecule has 0 unspecified atom stereocenters. The van der Waals surface area contributed by atoms with Crippen molar-refractivity contribution in [3.63, 3.8) is 0 Å². The zero-order valence-electron chi connectivity index (χ0n) is 9.32. The number of nitrogen functional groups attached to an aromatic ring is 1. The van der Waals surface area contributed by atoms with Crippen LogP contribution in [0.2, 0.25) is 5.02 Å². The van der Waals surface area contributed by atoms with Crippen molar-refractivity contribution in [3.05, 3.63) is 32.5 Å². The average Bonchev–Trinajstić information content (AvgIpc) is 2.62. The van der Waals surface area contributed by atoms with Gasteiger partial charge in [-0.1, -0.05) is 30.2 Å². The number of aromatic nitrogens is 3. The van der Waals surface area contributed by atoms with E-state index < -0.39 is 0 Å². The molecule has 0 bridgehead atoms. The molecule has 0 radical (unpaired) electrons. The maximum Gasteiger partial charge on any atom is 0.169 e. The quantitative estimate of drug-likeness (QED) is 0.854. The molecule has 0 fully saturated rings. The summed E-state index contributed by atoms with van der Waals surface area (Å²) in [7, 11) is 0. The minimum absolute atomic E-state index is 0.474. The first-order chi connectivity index (χ1) is 8.13. The molecule has 0 saturated heterocycles. The molecule has 1 aromatic heterocycles. The number of benzene rings is 1. The zero-order chi connectivity index (χ0) is 12.4. The molecular weight excluding hydrogens is 351 g/mol. The fraction of sp³-hybridized carbons (Fsp3) is 0.273. The van der Waals surface area contributed by atoms with Gasteiger partial charge < -0.3 is 5.73 Å². The summed E-state index contributed by atoms with van der Waals surface area (Å²) in [6, 6.07) is 5.80. The average molecular weight is 363 g/mol. The van der Waals surface area contributed by atoms with Crippen molar-refractivity contribution in [1.29, 1.82) is 0 Å². The minimum Gasteiger partial charge on any atom is -0.381 e. The van der Waals surface area contributed by atoms with E-state index in [4.69, 9.17) is 17.3 Å². The highest BCUT2D eigenvalue weighted by atomic mass is 127. The third-order valence-electron chi connectivity index (χ3n) is 2.42. The van der Waals surface area contributed by atoms with Crippen LogP contribution >= 0.6 is 34.2 Å². The molecule has 1 aromatic carbocycles. The molecule has 90 valence electrons. The molecule has 0 spiro atoms. The largest absolute Gasteiger partial charge is 0.381 e. The molecule has 0 saturated carbocycles. The fourth-order valence-electron chi connectivity index (χ4n) is 1.63. The lowest BCUT2D eigenvalue weighted by molar-refractivity contribution is 0.745. The first-order valence-electron chi connectivity index (χ1n) is 5.29. The second kappa shape index (κ2) is 5.22. The lowest BCUT2D eigenvalue weighted by atomic mass is 10.2. The summed E-state index contributed by atoms with van der Waals surface area (Å²) in [5.41, 5.74) is 7.54. The zero-order valence-corrected chi connectivity index (χ0v) is 12.2. The topological polar surface area (TPSA) is 56.7 Å². The van der Waals surface area contributed by atoms with Gasteiger partial charge in [-0.2, -0.15) is 0 Å². The molecule has 2 rings (SSSR count). The Morgan fingerprint density at radius 2 is 2.24 bits per heavy atom. The van der Waals surface area contributed by atoms with Gasteiger partial charge >= 0.3 is 0 Å². The number of anilines is 1. The SMILES string of the molecule is CCCc1c(N)nnn1-c1ccc(I)cc1Cl. The summed E-state index contributed by atoms with van der Waals surface area (Å²) < 4.78 is 2.80. The second-order valence-corrected chi connectivity index (χ2v) is 5.33. The Balaban J connectivity index is 2.52. The molecule has 0 aliphatic heterocycles. The van der Waals surface area contributed by atoms with Crippen LogP contribution in [0.4, 0.5) is 5.82 Å². The highest BCUT2D eigenvalue weighted by Crippen LogP contribution is 2.25. The van der Waals surface area contributed by atoms with Crippen molar-refractivity contribution in [2.24, 2.45) is 0 Å². The van der Waals surface area contributed by atoms with Gasteiger partial charge in [0, 0.05) is 3.57 Å². The number of hydrogen-bond donors (Lipinski definition) is 1. The molecule has 0 aliphatic carbocycles. The van der Waals surface area contributed by atoms with Crippen LogP contribution in [0.25, 0.3) is 5.69 Å². The van der Waals surface area contributed by atoms with Crippen molar-refractivity contribution < 1.29 is 0 Å². The van der Waals surface area contributed by atoms with Crippen LogP contribution in [0, 0.1) is 3.57 Å². The van der Waals surface area contributed by atoms with E-state index >= 15 is 0 Å². The van der Waals surface area contributed by atoms with Gasteiger partial charge in [-0.15, -0.1) is 5.10 Å². The van der Waals surface area contributed by atoms with E-state index in [1.807, 2.05) is 18.2 Å². The Morgan fingerprint density at radius 1 is 1.47 bits per heavy atom. The number of hydrogen-bond acceptors (Lipinski definition) is 3. The van der Waals surface area contributed by atoms with Crippen molar-refractivity contribution in [2.75, 3.05) is 5.73 Å². The first-order valence-corrected chi connectivity index (χ1v) is 6.74. The third kappa shape index (κ3) is 2.55. The van der Waals surface area contributed by atoms with Crippen molar-refractivity contribution in [2.45, 2.75) is 19.8 Å². The molecule has 4 nitrogen and oxygen atoms in total. The highest BCUT2D eigenvalue weighted by Gasteiger charge is 2.13. The molecule has 1 heterocycles. The minimum atomic E-state index is 0.474. The predicted molar refractivity (Wildman–Crippen MR) is 77.5 cm³/mol. The van der Waals surface area contributed by atoms with Crippen LogP contribution in [0.15, 0.2) is 18.2 Å². The van der Waals surface area contributed by atoms with Crippen LogP contribution in [0.3, 0.4) is 0 Å². The monoisotopic (exact) mass is 362 g/mol. The van der Waals surface area contributed by atoms with Crippen molar-refractivity contribution in [3.8, 4) is 5.69 Å². The van der Waals surface area contributed by atoms with Gasteiger partial charge in [0.05, 0.1) is 16.4 Å². The Bertz CT molecular complexity index is 538. The molecule has 2 aromatic rings. The predicted octanol–water partition coefficient (Wildman–Crippen LogP) is 3.06. The highest BCUT2D eigenvalue weighted by molar-refractivity contribution is 14.1. The van der Waals surface area contributed by atoms with E-state index in [1.165, 1.54) is 0 Å². The fourth-order valence-corrected chi connectivity index (χ4v) is 2.57. The molecule has 2 N–H and O–H groups in total. The lowest BCUT2D eigenvalue weighted by Gasteiger charge is -2.08. The van der Waals surface area contributed by atoms with Gasteiger partial charge in [-0.05, 0) is 47.2 Å². The van der Waals surface area contributed by atoms with E-state index in [-0.39, 0.29) is 0 Å². The summed E-state index contributed by atoms with van der Waals surface area (Å²) in [5, 5.41) is 8.61. The Kier molecular flexibility index (Phi) is 3.88. The number of nitrogens with two attached hydrogens (primary N) is 1. The van der Waals surface area contributed by atoms with Gasteiger partial charge in [-0.3, -0.25) is 0 Å². The standard InChI is InChI=1S/C11H12ClIN4/c1-2-3-10-11(14)15-16-17(10)9-5-4-7(13)6-8(9)12/h4-6H,2-3,14H2,1H3. The van der Waals surface area contributed by atoms with Crippen molar-refractivity contribution >= 4 is 40.0 Å². The Labute approximate surface area is 118 Å². The lowest BCUT2D eigenvalue weighted by Crippen LogP contribution is -2.04. The summed E-state index contributed by atoms with van der Waals surface area (Å²) in [6.45, 7) is 2.09. The maximum atomic E-state index is 6.21. The summed E-state index contributed by atoms with van der Waals surface area (Å²) >= 11 is 8.43. The van der Waals surface area contributed by atoms with E-state index in [2.05, 4.69) is 39.8 Å². The van der Waals surface area contributed by atoms with Crippen LogP contribution in [-0.2, 0) is 6.42 Å². The smallest absolute Gasteiger partial charge is 0.169 e. The molecule has 0 aliphatic rings. The van der Waals surface area contributed by atoms with E-state index in [0.29, 0.717) is 10.8 Å². The second-order valence-electron chi connectivity index (χ2n) is 3.68. The number of rotatable bonds is 3. The molecule has 6 heteroatoms. The van der Waals surface area contributed by atoms with Crippen LogP contribution < -0.4 is 5.73 Å².